The molecule has 0 bridgehead atoms. The van der Waals surface area contributed by atoms with Gasteiger partial charge in [-0.2, -0.15) is 0 Å². The van der Waals surface area contributed by atoms with Gasteiger partial charge in [-0.3, -0.25) is 4.79 Å². The molecule has 2 fully saturated rings. The van der Waals surface area contributed by atoms with Crippen molar-refractivity contribution in [3.8, 4) is 0 Å². The lowest BCUT2D eigenvalue weighted by Crippen LogP contribution is -2.52. The molecule has 0 aromatic heterocycles. The van der Waals surface area contributed by atoms with Gasteiger partial charge < -0.3 is 5.73 Å². The number of nitrogens with two attached hydrogens (primary N) is 1. The van der Waals surface area contributed by atoms with Gasteiger partial charge in [0.05, 0.1) is 0 Å². The average Bonchev–Trinajstić information content (AvgIpc) is 2.19. The Kier molecular flexibility index (Phi) is 2.91. The molecule has 0 unspecified atom stereocenters. The van der Waals surface area contributed by atoms with Crippen molar-refractivity contribution >= 4 is 5.78 Å². The molecule has 0 radical (unpaired) electrons. The van der Waals surface area contributed by atoms with Crippen LogP contribution in [0.25, 0.3) is 0 Å². The van der Waals surface area contributed by atoms with E-state index in [1.165, 1.54) is 25.7 Å². The standard InChI is InChI=1S/C12H21NO/c13-12(8-4-1-5-9-12)10-6-2-3-7-11(10)14/h10H,1-9,13H2/t10-/m1/s1. The normalized spacial score (nSPS) is 32.9. The third-order valence-electron chi connectivity index (χ3n) is 4.03. The van der Waals surface area contributed by atoms with E-state index in [1.54, 1.807) is 0 Å². The second-order valence-electron chi connectivity index (χ2n) is 5.06. The van der Waals surface area contributed by atoms with Crippen LogP contribution in [-0.4, -0.2) is 11.3 Å². The highest BCUT2D eigenvalue weighted by Crippen LogP contribution is 2.38. The minimum Gasteiger partial charge on any atom is -0.324 e. The fraction of sp³-hybridized carbons (Fsp3) is 0.917. The highest BCUT2D eigenvalue weighted by Gasteiger charge is 2.40. The Bertz CT molecular complexity index is 218. The molecule has 0 aliphatic heterocycles. The van der Waals surface area contributed by atoms with Crippen LogP contribution in [0.2, 0.25) is 0 Å². The maximum atomic E-state index is 11.8. The van der Waals surface area contributed by atoms with Gasteiger partial charge in [-0.15, -0.1) is 0 Å². The van der Waals surface area contributed by atoms with Gasteiger partial charge in [-0.1, -0.05) is 25.7 Å². The zero-order valence-corrected chi connectivity index (χ0v) is 8.93. The zero-order chi connectivity index (χ0) is 10.0. The summed E-state index contributed by atoms with van der Waals surface area (Å²) < 4.78 is 0. The highest BCUT2D eigenvalue weighted by atomic mass is 16.1. The number of ketones is 1. The molecule has 2 rings (SSSR count). The Hall–Kier alpha value is -0.370. The molecule has 2 saturated carbocycles. The van der Waals surface area contributed by atoms with Crippen molar-refractivity contribution in [2.24, 2.45) is 11.7 Å². The molecule has 1 atom stereocenters. The molecule has 2 nitrogen and oxygen atoms in total. The summed E-state index contributed by atoms with van der Waals surface area (Å²) in [5.41, 5.74) is 6.27. The van der Waals surface area contributed by atoms with E-state index < -0.39 is 0 Å². The lowest BCUT2D eigenvalue weighted by molar-refractivity contribution is -0.127. The molecule has 80 valence electrons. The van der Waals surface area contributed by atoms with Crippen LogP contribution in [0.5, 0.6) is 0 Å². The lowest BCUT2D eigenvalue weighted by atomic mass is 9.67. The summed E-state index contributed by atoms with van der Waals surface area (Å²) in [6.07, 6.45) is 10.0. The number of carbonyl (C=O) groups excluding carboxylic acids is 1. The molecule has 2 N–H and O–H groups in total. The van der Waals surface area contributed by atoms with Gasteiger partial charge in [-0.05, 0) is 25.7 Å². The van der Waals surface area contributed by atoms with Crippen LogP contribution in [0.4, 0.5) is 0 Å². The summed E-state index contributed by atoms with van der Waals surface area (Å²) in [5, 5.41) is 0. The minimum absolute atomic E-state index is 0.129. The second kappa shape index (κ2) is 4.01. The number of Topliss-reactive ketones (excluding diaryl/α,β-unsaturated/α-hetero) is 1. The van der Waals surface area contributed by atoms with Crippen LogP contribution in [0.3, 0.4) is 0 Å². The van der Waals surface area contributed by atoms with E-state index in [-0.39, 0.29) is 11.5 Å². The molecule has 0 amide bonds. The minimum atomic E-state index is -0.129. The third-order valence-corrected chi connectivity index (χ3v) is 4.03. The molecule has 0 aromatic carbocycles. The SMILES string of the molecule is NC1([C@@H]2CCCCC2=O)CCCCC1. The first-order valence-electron chi connectivity index (χ1n) is 6.04. The van der Waals surface area contributed by atoms with Gasteiger partial charge >= 0.3 is 0 Å². The van der Waals surface area contributed by atoms with Gasteiger partial charge in [0.25, 0.3) is 0 Å². The summed E-state index contributed by atoms with van der Waals surface area (Å²) in [7, 11) is 0. The van der Waals surface area contributed by atoms with Crippen molar-refractivity contribution in [2.75, 3.05) is 0 Å². The summed E-state index contributed by atoms with van der Waals surface area (Å²) in [6, 6.07) is 0. The Morgan fingerprint density at radius 3 is 2.43 bits per heavy atom. The zero-order valence-electron chi connectivity index (χ0n) is 8.93. The largest absolute Gasteiger partial charge is 0.324 e. The van der Waals surface area contributed by atoms with E-state index in [2.05, 4.69) is 0 Å². The van der Waals surface area contributed by atoms with Gasteiger partial charge in [-0.25, -0.2) is 0 Å². The van der Waals surface area contributed by atoms with E-state index in [1.807, 2.05) is 0 Å². The van der Waals surface area contributed by atoms with Crippen molar-refractivity contribution in [1.82, 2.24) is 0 Å². The topological polar surface area (TPSA) is 43.1 Å². The monoisotopic (exact) mass is 195 g/mol. The van der Waals surface area contributed by atoms with Crippen LogP contribution in [0.1, 0.15) is 57.8 Å². The van der Waals surface area contributed by atoms with Crippen molar-refractivity contribution < 1.29 is 4.79 Å². The Balaban J connectivity index is 2.06. The molecular formula is C12H21NO. The summed E-state index contributed by atoms with van der Waals surface area (Å²) in [5.74, 6) is 0.636. The predicted molar refractivity (Wildman–Crippen MR) is 57.0 cm³/mol. The molecule has 2 aliphatic rings. The second-order valence-corrected chi connectivity index (χ2v) is 5.06. The Morgan fingerprint density at radius 1 is 1.07 bits per heavy atom. The maximum Gasteiger partial charge on any atom is 0.137 e. The fourth-order valence-corrected chi connectivity index (χ4v) is 3.15. The van der Waals surface area contributed by atoms with Crippen LogP contribution in [-0.2, 0) is 4.79 Å². The van der Waals surface area contributed by atoms with E-state index in [0.717, 1.165) is 32.1 Å². The number of hydrogen-bond donors (Lipinski definition) is 1. The Morgan fingerprint density at radius 2 is 1.79 bits per heavy atom. The molecule has 0 saturated heterocycles. The van der Waals surface area contributed by atoms with E-state index in [9.17, 15) is 4.79 Å². The summed E-state index contributed by atoms with van der Waals surface area (Å²) in [4.78, 5) is 11.8. The molecule has 2 aliphatic carbocycles. The lowest BCUT2D eigenvalue weighted by Gasteiger charge is -2.41. The summed E-state index contributed by atoms with van der Waals surface area (Å²) in [6.45, 7) is 0. The van der Waals surface area contributed by atoms with Crippen LogP contribution < -0.4 is 5.73 Å². The Labute approximate surface area is 86.2 Å². The van der Waals surface area contributed by atoms with Gasteiger partial charge in [0.2, 0.25) is 0 Å². The summed E-state index contributed by atoms with van der Waals surface area (Å²) >= 11 is 0. The van der Waals surface area contributed by atoms with Crippen molar-refractivity contribution in [3.05, 3.63) is 0 Å². The number of hydrogen-bond acceptors (Lipinski definition) is 2. The van der Waals surface area contributed by atoms with Crippen molar-refractivity contribution in [3.63, 3.8) is 0 Å². The molecular weight excluding hydrogens is 174 g/mol. The highest BCUT2D eigenvalue weighted by molar-refractivity contribution is 5.83. The van der Waals surface area contributed by atoms with E-state index in [4.69, 9.17) is 5.73 Å². The smallest absolute Gasteiger partial charge is 0.137 e. The van der Waals surface area contributed by atoms with E-state index in [0.29, 0.717) is 5.78 Å². The van der Waals surface area contributed by atoms with Gasteiger partial charge in [0, 0.05) is 17.9 Å². The third kappa shape index (κ3) is 1.85. The first-order valence-corrected chi connectivity index (χ1v) is 6.04. The van der Waals surface area contributed by atoms with Crippen LogP contribution in [0, 0.1) is 5.92 Å². The first-order chi connectivity index (χ1) is 6.72. The average molecular weight is 195 g/mol. The maximum absolute atomic E-state index is 11.8. The van der Waals surface area contributed by atoms with Gasteiger partial charge in [0.1, 0.15) is 5.78 Å². The van der Waals surface area contributed by atoms with Crippen LogP contribution >= 0.6 is 0 Å². The van der Waals surface area contributed by atoms with Crippen LogP contribution in [0.15, 0.2) is 0 Å². The quantitative estimate of drug-likeness (QED) is 0.698. The molecule has 14 heavy (non-hydrogen) atoms. The number of carbonyl (C=O) groups is 1. The molecule has 0 aromatic rings. The molecule has 0 spiro atoms. The van der Waals surface area contributed by atoms with Crippen molar-refractivity contribution in [2.45, 2.75) is 63.3 Å². The number of rotatable bonds is 1. The first kappa shape index (κ1) is 10.2. The van der Waals surface area contributed by atoms with Gasteiger partial charge in [0.15, 0.2) is 0 Å². The molecule has 2 heteroatoms. The molecule has 0 heterocycles. The van der Waals surface area contributed by atoms with E-state index >= 15 is 0 Å². The fourth-order valence-electron chi connectivity index (χ4n) is 3.15. The van der Waals surface area contributed by atoms with Crippen molar-refractivity contribution in [1.29, 1.82) is 0 Å². The predicted octanol–water partition coefficient (Wildman–Crippen LogP) is 2.41.